The summed E-state index contributed by atoms with van der Waals surface area (Å²) in [5.74, 6) is 2.09. The Bertz CT molecular complexity index is 6130. The molecule has 774 valence electrons. The lowest BCUT2D eigenvalue weighted by atomic mass is 10.0. The second kappa shape index (κ2) is 63.7. The molecule has 0 unspecified atom stereocenters. The Morgan fingerprint density at radius 1 is 0.277 bits per heavy atom. The van der Waals surface area contributed by atoms with Gasteiger partial charge in [-0.15, -0.1) is 0 Å². The fourth-order valence-corrected chi connectivity index (χ4v) is 16.5. The topological polar surface area (TPSA) is 363 Å². The third-order valence-electron chi connectivity index (χ3n) is 24.4. The number of anilines is 6. The van der Waals surface area contributed by atoms with Gasteiger partial charge in [0.25, 0.3) is 0 Å². The van der Waals surface area contributed by atoms with Gasteiger partial charge in [0.1, 0.15) is 109 Å². The zero-order chi connectivity index (χ0) is 105. The molecule has 32 heteroatoms. The van der Waals surface area contributed by atoms with E-state index in [9.17, 15) is 31.6 Å². The van der Waals surface area contributed by atoms with Crippen LogP contribution in [0.2, 0.25) is 0 Å². The molecule has 148 heavy (non-hydrogen) atoms. The van der Waals surface area contributed by atoms with Crippen LogP contribution >= 0.6 is 0 Å². The molecule has 32 nitrogen and oxygen atoms in total. The smallest absolute Gasteiger partial charge is 0.232 e. The van der Waals surface area contributed by atoms with Crippen LogP contribution in [-0.4, -0.2) is 270 Å². The molecule has 3 saturated heterocycles. The number of nitriles is 6. The third-order valence-corrected chi connectivity index (χ3v) is 24.4. The van der Waals surface area contributed by atoms with E-state index in [2.05, 4.69) is 228 Å². The molecule has 0 radical (unpaired) electrons. The summed E-state index contributed by atoms with van der Waals surface area (Å²) in [6, 6.07) is 73.9. The minimum Gasteiger partial charge on any atom is -0.474 e. The monoisotopic (exact) mass is 2000 g/mol. The van der Waals surface area contributed by atoms with Crippen molar-refractivity contribution in [1.82, 2.24) is 34.8 Å². The summed E-state index contributed by atoms with van der Waals surface area (Å²) in [4.78, 5) is 41.2. The Hall–Kier alpha value is -15.6. The van der Waals surface area contributed by atoms with Crippen LogP contribution in [0.25, 0.3) is 66.8 Å². The average molecular weight is 2010 g/mol. The number of piperidine rings is 1. The summed E-state index contributed by atoms with van der Waals surface area (Å²) in [5.41, 5.74) is 20.6. The quantitative estimate of drug-likeness (QED) is 0.0321. The standard InChI is InChI=1S/C21H27N3O2.C20H24N4O2.C20H23N3O2.C19H21N3O3.C19H23N3O2.C17H19N3O2/c1-4-12-24(13-5-2)18-8-6-17(7-9-18)19-10-11-23-21(20(19)16-22)26-15-14-25-3;1-23-9-11-24(12-10-23)17-5-3-16(4-6-17)18-7-8-22-20(19(18)15-21)26-14-13-25-2;1-24-13-14-25-20-19(15-21)18(9-10-22-20)16-5-7-17(8-6-16)23-11-3-2-4-12-23;1-23-12-13-25-19-18(14-20)17(6-7-21-19)15-2-4-16(5-3-15)22-8-10-24-11-9-22;1-4-22(5-2)16-8-6-15(7-9-16)17-10-11-21-19(18(17)14-20)24-13-12-23-3;1-20(2)14-6-4-13(5-7-14)15-8-9-19-17(16(15)12-18)22-11-10-21-3/h6-11H,4-5,12-15H2,1-3H3;3-8H,9-14H2,1-2H3;5-10H,2-4,11-14H2,1H3;2-7H,8-13H2,1H3;6-11H,4-5,12-13H2,1-3H3;4-9H,10-11H2,1-3H3. The number of hydrogen-bond donors (Lipinski definition) is 0. The molecule has 9 heterocycles. The number of likely N-dealkylation sites (N-methyl/N-ethyl adjacent to an activating group) is 1. The van der Waals surface area contributed by atoms with Gasteiger partial charge in [0.05, 0.1) is 52.9 Å². The average Bonchev–Trinajstić information content (AvgIpc) is 0.848. The normalized spacial score (nSPS) is 12.4. The molecule has 3 aliphatic heterocycles. The lowest BCUT2D eigenvalue weighted by molar-refractivity contribution is 0.122. The molecule has 0 saturated carbocycles. The summed E-state index contributed by atoms with van der Waals surface area (Å²) in [5, 5.41) is 57.3. The summed E-state index contributed by atoms with van der Waals surface area (Å²) < 4.78 is 68.7. The summed E-state index contributed by atoms with van der Waals surface area (Å²) in [7, 11) is 15.8. The zero-order valence-corrected chi connectivity index (χ0v) is 87.5. The largest absolute Gasteiger partial charge is 0.474 e. The molecule has 0 N–H and O–H groups in total. The van der Waals surface area contributed by atoms with Gasteiger partial charge in [0.2, 0.25) is 35.3 Å². The molecule has 12 aromatic rings. The summed E-state index contributed by atoms with van der Waals surface area (Å²) >= 11 is 0. The highest BCUT2D eigenvalue weighted by atomic mass is 16.5. The van der Waals surface area contributed by atoms with Gasteiger partial charge in [-0.3, -0.25) is 0 Å². The number of pyridine rings is 6. The van der Waals surface area contributed by atoms with Crippen molar-refractivity contribution in [2.75, 3.05) is 264 Å². The number of hydrogen-bond acceptors (Lipinski definition) is 32. The highest BCUT2D eigenvalue weighted by Crippen LogP contribution is 2.38. The van der Waals surface area contributed by atoms with Crippen LogP contribution in [0.1, 0.15) is 93.2 Å². The van der Waals surface area contributed by atoms with Crippen molar-refractivity contribution in [3.63, 3.8) is 0 Å². The third kappa shape index (κ3) is 33.8. The molecular weight excluding hydrogens is 1870 g/mol. The number of morpholine rings is 1. The minimum absolute atomic E-state index is 0.341. The highest BCUT2D eigenvalue weighted by molar-refractivity contribution is 5.80. The molecule has 6 aromatic heterocycles. The zero-order valence-electron chi connectivity index (χ0n) is 87.5. The van der Waals surface area contributed by atoms with Crippen LogP contribution < -0.4 is 57.8 Å². The summed E-state index contributed by atoms with van der Waals surface area (Å²) in [6.45, 7) is 27.4. The van der Waals surface area contributed by atoms with Crippen LogP contribution in [0, 0.1) is 68.0 Å². The SMILES string of the molecule is CCCN(CCC)c1ccc(-c2ccnc(OCCOC)c2C#N)cc1.CCN(CC)c1ccc(-c2ccnc(OCCOC)c2C#N)cc1.COCCOc1nccc(-c2ccc(N(C)C)cc2)c1C#N.COCCOc1nccc(-c2ccc(N3CCCCC3)cc2)c1C#N.COCCOc1nccc(-c2ccc(N3CCN(C)CC3)cc2)c1C#N.COCCOc1nccc(-c2ccc(N3CCOCC3)cc2)c1C#N. The maximum Gasteiger partial charge on any atom is 0.232 e. The van der Waals surface area contributed by atoms with Crippen LogP contribution in [-0.2, 0) is 33.2 Å². The highest BCUT2D eigenvalue weighted by Gasteiger charge is 2.24. The first-order chi connectivity index (χ1) is 72.5. The predicted octanol–water partition coefficient (Wildman–Crippen LogP) is 19.0. The number of rotatable bonds is 42. The molecule has 0 atom stereocenters. The fraction of sp³-hybridized carbons (Fsp3) is 0.379. The van der Waals surface area contributed by atoms with Gasteiger partial charge in [-0.2, -0.15) is 31.6 Å². The number of piperazine rings is 1. The van der Waals surface area contributed by atoms with Gasteiger partial charge in [-0.1, -0.05) is 86.6 Å². The summed E-state index contributed by atoms with van der Waals surface area (Å²) in [6.07, 6.45) is 16.1. The Morgan fingerprint density at radius 3 is 0.736 bits per heavy atom. The van der Waals surface area contributed by atoms with Gasteiger partial charge in [0.15, 0.2) is 0 Å². The fourth-order valence-electron chi connectivity index (χ4n) is 16.5. The van der Waals surface area contributed by atoms with Crippen LogP contribution in [0.4, 0.5) is 34.1 Å². The van der Waals surface area contributed by atoms with Gasteiger partial charge < -0.3 is 95.9 Å². The van der Waals surface area contributed by atoms with E-state index in [0.29, 0.717) is 148 Å². The number of nitrogens with zero attached hydrogens (tertiary/aromatic N) is 19. The van der Waals surface area contributed by atoms with E-state index in [-0.39, 0.29) is 0 Å². The predicted molar refractivity (Wildman–Crippen MR) is 580 cm³/mol. The van der Waals surface area contributed by atoms with Gasteiger partial charge in [-0.05, 0) is 196 Å². The van der Waals surface area contributed by atoms with Crippen molar-refractivity contribution in [1.29, 1.82) is 31.6 Å². The van der Waals surface area contributed by atoms with E-state index < -0.39 is 0 Å². The molecule has 0 aliphatic carbocycles. The van der Waals surface area contributed by atoms with E-state index >= 15 is 0 Å². The van der Waals surface area contributed by atoms with E-state index in [1.54, 1.807) is 79.8 Å². The molecule has 0 amide bonds. The van der Waals surface area contributed by atoms with E-state index in [0.717, 1.165) is 183 Å². The first kappa shape index (κ1) is 114. The molecule has 15 rings (SSSR count). The maximum absolute atomic E-state index is 9.59. The number of ether oxygens (including phenoxy) is 13. The van der Waals surface area contributed by atoms with Crippen LogP contribution in [0.3, 0.4) is 0 Å². The molecule has 6 aromatic carbocycles. The van der Waals surface area contributed by atoms with Gasteiger partial charge >= 0.3 is 0 Å². The Morgan fingerprint density at radius 2 is 0.507 bits per heavy atom. The number of methoxy groups -OCH3 is 6. The van der Waals surface area contributed by atoms with Crippen molar-refractivity contribution < 1.29 is 61.6 Å². The number of benzene rings is 6. The molecule has 0 bridgehead atoms. The Balaban J connectivity index is 0.000000182. The first-order valence-corrected chi connectivity index (χ1v) is 49.9. The number of aromatic nitrogens is 6. The molecule has 3 aliphatic rings. The Labute approximate surface area is 872 Å². The van der Waals surface area contributed by atoms with Crippen LogP contribution in [0.5, 0.6) is 35.3 Å². The van der Waals surface area contributed by atoms with E-state index in [1.807, 2.05) is 104 Å². The molecular formula is C116H137N19O13. The second-order valence-electron chi connectivity index (χ2n) is 34.2. The second-order valence-corrected chi connectivity index (χ2v) is 34.2. The van der Waals surface area contributed by atoms with Crippen molar-refractivity contribution in [3.8, 4) is 138 Å². The lowest BCUT2D eigenvalue weighted by Gasteiger charge is -2.34. The van der Waals surface area contributed by atoms with Crippen molar-refractivity contribution in [3.05, 3.63) is 253 Å². The van der Waals surface area contributed by atoms with Crippen LogP contribution in [0.15, 0.2) is 219 Å². The maximum atomic E-state index is 9.59. The van der Waals surface area contributed by atoms with Crippen molar-refractivity contribution >= 4 is 34.1 Å². The van der Waals surface area contributed by atoms with Crippen molar-refractivity contribution in [2.45, 2.75) is 59.8 Å². The molecule has 3 fully saturated rings. The lowest BCUT2D eigenvalue weighted by Crippen LogP contribution is -2.44. The first-order valence-electron chi connectivity index (χ1n) is 49.9. The van der Waals surface area contributed by atoms with Crippen molar-refractivity contribution in [2.24, 2.45) is 0 Å². The van der Waals surface area contributed by atoms with E-state index in [4.69, 9.17) is 61.6 Å². The molecule has 0 spiro atoms. The Kier molecular flexibility index (Phi) is 49.2. The van der Waals surface area contributed by atoms with Gasteiger partial charge in [-0.25, -0.2) is 29.9 Å². The minimum atomic E-state index is 0.341. The van der Waals surface area contributed by atoms with E-state index in [1.165, 1.54) is 42.0 Å². The van der Waals surface area contributed by atoms with Gasteiger partial charge in [0, 0.05) is 240 Å².